The van der Waals surface area contributed by atoms with Gasteiger partial charge in [-0.3, -0.25) is 0 Å². The Bertz CT molecular complexity index is 922. The van der Waals surface area contributed by atoms with E-state index in [0.717, 1.165) is 23.8 Å². The van der Waals surface area contributed by atoms with Crippen LogP contribution in [0.15, 0.2) is 46.1 Å². The van der Waals surface area contributed by atoms with Gasteiger partial charge in [0.05, 0.1) is 18.8 Å². The van der Waals surface area contributed by atoms with E-state index >= 15 is 0 Å². The number of benzene rings is 1. The van der Waals surface area contributed by atoms with Crippen molar-refractivity contribution >= 4 is 16.0 Å². The Kier molecular flexibility index (Phi) is 7.69. The SMILES string of the molecule is CCNC(=NCc1cccc(OCC)c1)N1CCN(S(=O)(=O)Cc2ccon2)CC1. The maximum absolute atomic E-state index is 12.6. The zero-order valence-electron chi connectivity index (χ0n) is 17.5. The molecule has 1 aromatic carbocycles. The van der Waals surface area contributed by atoms with E-state index in [9.17, 15) is 8.42 Å². The topological polar surface area (TPSA) is 100 Å². The molecule has 1 aliphatic rings. The van der Waals surface area contributed by atoms with Crippen LogP contribution in [0.5, 0.6) is 5.75 Å². The zero-order valence-corrected chi connectivity index (χ0v) is 18.3. The number of piperazine rings is 1. The Morgan fingerprint density at radius 3 is 2.70 bits per heavy atom. The molecule has 0 spiro atoms. The Balaban J connectivity index is 1.61. The highest BCUT2D eigenvalue weighted by atomic mass is 32.2. The lowest BCUT2D eigenvalue weighted by molar-refractivity contribution is 0.259. The second-order valence-electron chi connectivity index (χ2n) is 6.88. The van der Waals surface area contributed by atoms with Gasteiger partial charge in [-0.05, 0) is 31.5 Å². The molecule has 0 unspecified atom stereocenters. The number of hydrogen-bond donors (Lipinski definition) is 1. The van der Waals surface area contributed by atoms with Crippen molar-refractivity contribution < 1.29 is 17.7 Å². The monoisotopic (exact) mass is 435 g/mol. The van der Waals surface area contributed by atoms with Crippen molar-refractivity contribution in [2.75, 3.05) is 39.3 Å². The molecule has 2 heterocycles. The molecule has 0 bridgehead atoms. The minimum absolute atomic E-state index is 0.145. The number of sulfonamides is 1. The standard InChI is InChI=1S/C20H29N5O4S/c1-3-21-20(22-15-17-6-5-7-19(14-17)28-4-2)24-9-11-25(12-10-24)30(26,27)16-18-8-13-29-23-18/h5-8,13-14H,3-4,9-12,15-16H2,1-2H3,(H,21,22). The molecule has 1 saturated heterocycles. The fourth-order valence-electron chi connectivity index (χ4n) is 3.26. The summed E-state index contributed by atoms with van der Waals surface area (Å²) in [5.74, 6) is 1.47. The van der Waals surface area contributed by atoms with E-state index in [4.69, 9.17) is 14.3 Å². The lowest BCUT2D eigenvalue weighted by Crippen LogP contribution is -2.53. The molecule has 10 heteroatoms. The van der Waals surface area contributed by atoms with Crippen molar-refractivity contribution in [1.82, 2.24) is 19.7 Å². The van der Waals surface area contributed by atoms with Crippen LogP contribution in [-0.2, 0) is 22.3 Å². The average molecular weight is 436 g/mol. The number of hydrogen-bond acceptors (Lipinski definition) is 6. The molecule has 0 aliphatic carbocycles. The van der Waals surface area contributed by atoms with E-state index in [2.05, 4.69) is 15.4 Å². The molecule has 30 heavy (non-hydrogen) atoms. The van der Waals surface area contributed by atoms with Crippen molar-refractivity contribution in [3.8, 4) is 5.75 Å². The number of rotatable bonds is 8. The highest BCUT2D eigenvalue weighted by Gasteiger charge is 2.29. The maximum Gasteiger partial charge on any atom is 0.220 e. The van der Waals surface area contributed by atoms with E-state index < -0.39 is 10.0 Å². The second-order valence-corrected chi connectivity index (χ2v) is 8.85. The first-order valence-electron chi connectivity index (χ1n) is 10.1. The Hall–Kier alpha value is -2.59. The molecule has 0 radical (unpaired) electrons. The van der Waals surface area contributed by atoms with Crippen LogP contribution in [-0.4, -0.2) is 68.1 Å². The average Bonchev–Trinajstić information content (AvgIpc) is 3.24. The summed E-state index contributed by atoms with van der Waals surface area (Å²) < 4.78 is 37.0. The molecular formula is C20H29N5O4S. The quantitative estimate of drug-likeness (QED) is 0.497. The first kappa shape index (κ1) is 22.1. The summed E-state index contributed by atoms with van der Waals surface area (Å²) >= 11 is 0. The van der Waals surface area contributed by atoms with Gasteiger partial charge in [-0.25, -0.2) is 13.4 Å². The molecule has 0 saturated carbocycles. The molecular weight excluding hydrogens is 406 g/mol. The second kappa shape index (κ2) is 10.4. The summed E-state index contributed by atoms with van der Waals surface area (Å²) in [6, 6.07) is 9.47. The predicted molar refractivity (Wildman–Crippen MR) is 115 cm³/mol. The van der Waals surface area contributed by atoms with E-state index in [0.29, 0.717) is 45.0 Å². The minimum atomic E-state index is -3.42. The van der Waals surface area contributed by atoms with E-state index in [1.807, 2.05) is 38.1 Å². The van der Waals surface area contributed by atoms with E-state index in [1.165, 1.54) is 10.6 Å². The van der Waals surface area contributed by atoms with Crippen LogP contribution in [0.25, 0.3) is 0 Å². The summed E-state index contributed by atoms with van der Waals surface area (Å²) in [4.78, 5) is 6.84. The van der Waals surface area contributed by atoms with Crippen LogP contribution in [0.2, 0.25) is 0 Å². The third-order valence-corrected chi connectivity index (χ3v) is 6.52. The van der Waals surface area contributed by atoms with Gasteiger partial charge in [-0.2, -0.15) is 4.31 Å². The van der Waals surface area contributed by atoms with Crippen LogP contribution < -0.4 is 10.1 Å². The largest absolute Gasteiger partial charge is 0.494 e. The van der Waals surface area contributed by atoms with Crippen molar-refractivity contribution in [3.63, 3.8) is 0 Å². The van der Waals surface area contributed by atoms with Crippen molar-refractivity contribution in [2.45, 2.75) is 26.1 Å². The summed E-state index contributed by atoms with van der Waals surface area (Å²) in [5.41, 5.74) is 1.48. The molecule has 0 atom stereocenters. The molecule has 164 valence electrons. The maximum atomic E-state index is 12.6. The first-order valence-corrected chi connectivity index (χ1v) is 11.7. The van der Waals surface area contributed by atoms with Crippen LogP contribution in [0.1, 0.15) is 25.1 Å². The minimum Gasteiger partial charge on any atom is -0.494 e. The van der Waals surface area contributed by atoms with Crippen LogP contribution in [0.3, 0.4) is 0 Å². The van der Waals surface area contributed by atoms with Crippen LogP contribution in [0, 0.1) is 0 Å². The van der Waals surface area contributed by atoms with Gasteiger partial charge in [-0.1, -0.05) is 17.3 Å². The summed E-state index contributed by atoms with van der Waals surface area (Å²) in [6.45, 7) is 7.82. The third kappa shape index (κ3) is 5.96. The zero-order chi connectivity index (χ0) is 21.4. The number of aliphatic imine (C=N–C) groups is 1. The third-order valence-electron chi connectivity index (χ3n) is 4.71. The van der Waals surface area contributed by atoms with Gasteiger partial charge < -0.3 is 19.5 Å². The van der Waals surface area contributed by atoms with E-state index in [-0.39, 0.29) is 5.75 Å². The smallest absolute Gasteiger partial charge is 0.220 e. The highest BCUT2D eigenvalue weighted by Crippen LogP contribution is 2.15. The van der Waals surface area contributed by atoms with Gasteiger partial charge >= 0.3 is 0 Å². The Morgan fingerprint density at radius 1 is 1.23 bits per heavy atom. The van der Waals surface area contributed by atoms with Crippen LogP contribution >= 0.6 is 0 Å². The molecule has 3 rings (SSSR count). The number of nitrogens with zero attached hydrogens (tertiary/aromatic N) is 4. The van der Waals surface area contributed by atoms with Gasteiger partial charge in [0.1, 0.15) is 17.8 Å². The Labute approximate surface area is 177 Å². The first-order chi connectivity index (χ1) is 14.5. The summed E-state index contributed by atoms with van der Waals surface area (Å²) in [6.07, 6.45) is 1.38. The van der Waals surface area contributed by atoms with Crippen molar-refractivity contribution in [2.24, 2.45) is 4.99 Å². The molecule has 1 N–H and O–H groups in total. The number of aromatic nitrogens is 1. The fraction of sp³-hybridized carbons (Fsp3) is 0.500. The fourth-order valence-corrected chi connectivity index (χ4v) is 4.69. The van der Waals surface area contributed by atoms with Crippen molar-refractivity contribution in [1.29, 1.82) is 0 Å². The molecule has 1 aromatic heterocycles. The van der Waals surface area contributed by atoms with Gasteiger partial charge in [0, 0.05) is 38.8 Å². The highest BCUT2D eigenvalue weighted by molar-refractivity contribution is 7.88. The van der Waals surface area contributed by atoms with Gasteiger partial charge in [-0.15, -0.1) is 0 Å². The lowest BCUT2D eigenvalue weighted by atomic mass is 10.2. The Morgan fingerprint density at radius 2 is 2.03 bits per heavy atom. The molecule has 0 amide bonds. The van der Waals surface area contributed by atoms with Gasteiger partial charge in [0.2, 0.25) is 10.0 Å². The molecule has 1 fully saturated rings. The molecule has 2 aromatic rings. The lowest BCUT2D eigenvalue weighted by Gasteiger charge is -2.35. The van der Waals surface area contributed by atoms with E-state index in [1.54, 1.807) is 6.07 Å². The number of guanidine groups is 1. The summed E-state index contributed by atoms with van der Waals surface area (Å²) in [7, 11) is -3.42. The molecule has 9 nitrogen and oxygen atoms in total. The predicted octanol–water partition coefficient (Wildman–Crippen LogP) is 1.69. The summed E-state index contributed by atoms with van der Waals surface area (Å²) in [5, 5.41) is 7.01. The van der Waals surface area contributed by atoms with Gasteiger partial charge in [0.25, 0.3) is 0 Å². The van der Waals surface area contributed by atoms with Gasteiger partial charge in [0.15, 0.2) is 5.96 Å². The molecule has 1 aliphatic heterocycles. The number of ether oxygens (including phenoxy) is 1. The number of nitrogens with one attached hydrogen (secondary N) is 1. The normalized spacial score (nSPS) is 15.9. The van der Waals surface area contributed by atoms with Crippen LogP contribution in [0.4, 0.5) is 0 Å². The van der Waals surface area contributed by atoms with Crippen molar-refractivity contribution in [3.05, 3.63) is 47.9 Å².